The number of aliphatic imine (C=N–C) groups is 1. The first kappa shape index (κ1) is 11.8. The van der Waals surface area contributed by atoms with Crippen LogP contribution < -0.4 is 0 Å². The number of thioether (sulfide) groups is 1. The van der Waals surface area contributed by atoms with Crippen molar-refractivity contribution in [2.24, 2.45) is 10.9 Å². The number of nitrogens with zero attached hydrogens (tertiary/aromatic N) is 2. The number of hydrogen-bond acceptors (Lipinski definition) is 6. The number of fused-ring (bicyclic) bond motifs is 1. The Bertz CT molecular complexity index is 335. The summed E-state index contributed by atoms with van der Waals surface area (Å²) in [5.74, 6) is -0.218. The standard InChI is InChI=1S/C11H18N2O3S/c14-5-6-4-7-8(10(16)9(6)15)12-11(17-7)13-2-1-3-13/h6-10,14-16H,1-5H2. The lowest BCUT2D eigenvalue weighted by molar-refractivity contribution is -0.0647. The molecule has 6 heteroatoms. The van der Waals surface area contributed by atoms with Crippen molar-refractivity contribution in [3.63, 3.8) is 0 Å². The molecule has 2 aliphatic heterocycles. The molecule has 0 bridgehead atoms. The van der Waals surface area contributed by atoms with Crippen molar-refractivity contribution in [1.82, 2.24) is 4.90 Å². The van der Waals surface area contributed by atoms with Crippen LogP contribution in [0.15, 0.2) is 4.99 Å². The quantitative estimate of drug-likeness (QED) is 0.578. The van der Waals surface area contributed by atoms with Crippen LogP contribution in [-0.4, -0.2) is 68.6 Å². The zero-order valence-corrected chi connectivity index (χ0v) is 10.4. The molecule has 5 unspecified atom stereocenters. The number of aliphatic hydroxyl groups is 3. The van der Waals surface area contributed by atoms with E-state index < -0.39 is 12.2 Å². The van der Waals surface area contributed by atoms with Gasteiger partial charge in [0.25, 0.3) is 0 Å². The zero-order valence-electron chi connectivity index (χ0n) is 9.57. The largest absolute Gasteiger partial charge is 0.396 e. The second-order valence-corrected chi connectivity index (χ2v) is 6.27. The van der Waals surface area contributed by atoms with E-state index in [0.717, 1.165) is 24.7 Å². The van der Waals surface area contributed by atoms with Crippen LogP contribution >= 0.6 is 11.8 Å². The lowest BCUT2D eigenvalue weighted by Gasteiger charge is -2.37. The fourth-order valence-corrected chi connectivity index (χ4v) is 4.18. The first-order valence-electron chi connectivity index (χ1n) is 6.17. The van der Waals surface area contributed by atoms with Crippen LogP contribution in [0.2, 0.25) is 0 Å². The molecule has 2 fully saturated rings. The SMILES string of the molecule is OCC1CC2SC(N3CCC3)=NC2C(O)C1O. The number of likely N-dealkylation sites (tertiary alicyclic amines) is 1. The lowest BCUT2D eigenvalue weighted by atomic mass is 9.81. The van der Waals surface area contributed by atoms with E-state index in [4.69, 9.17) is 0 Å². The van der Waals surface area contributed by atoms with Gasteiger partial charge < -0.3 is 20.2 Å². The van der Waals surface area contributed by atoms with E-state index in [1.54, 1.807) is 11.8 Å². The molecular formula is C11H18N2O3S. The molecule has 5 atom stereocenters. The molecule has 0 aromatic heterocycles. The molecule has 96 valence electrons. The van der Waals surface area contributed by atoms with Crippen molar-refractivity contribution in [2.45, 2.75) is 36.3 Å². The van der Waals surface area contributed by atoms with Gasteiger partial charge in [-0.1, -0.05) is 11.8 Å². The van der Waals surface area contributed by atoms with Gasteiger partial charge in [0.15, 0.2) is 5.17 Å². The molecule has 3 N–H and O–H groups in total. The Morgan fingerprint density at radius 1 is 1.29 bits per heavy atom. The van der Waals surface area contributed by atoms with E-state index in [1.165, 1.54) is 6.42 Å². The summed E-state index contributed by atoms with van der Waals surface area (Å²) in [5, 5.41) is 30.3. The van der Waals surface area contributed by atoms with Gasteiger partial charge in [0.1, 0.15) is 6.10 Å². The predicted octanol–water partition coefficient (Wildman–Crippen LogP) is -0.734. The second kappa shape index (κ2) is 4.42. The number of amidine groups is 1. The Kier molecular flexibility index (Phi) is 3.06. The minimum absolute atomic E-state index is 0.0684. The van der Waals surface area contributed by atoms with Crippen molar-refractivity contribution in [3.05, 3.63) is 0 Å². The number of rotatable bonds is 1. The smallest absolute Gasteiger partial charge is 0.159 e. The summed E-state index contributed by atoms with van der Waals surface area (Å²) in [4.78, 5) is 6.76. The van der Waals surface area contributed by atoms with Crippen LogP contribution in [0.1, 0.15) is 12.8 Å². The summed E-state index contributed by atoms with van der Waals surface area (Å²) < 4.78 is 0. The van der Waals surface area contributed by atoms with Crippen LogP contribution in [-0.2, 0) is 0 Å². The molecule has 0 amide bonds. The molecule has 0 aromatic rings. The summed E-state index contributed by atoms with van der Waals surface area (Å²) in [6, 6.07) is -0.201. The molecule has 0 spiro atoms. The topological polar surface area (TPSA) is 76.3 Å². The fraction of sp³-hybridized carbons (Fsp3) is 0.909. The molecule has 1 saturated heterocycles. The normalized spacial score (nSPS) is 45.2. The third-order valence-electron chi connectivity index (χ3n) is 3.98. The maximum Gasteiger partial charge on any atom is 0.159 e. The highest BCUT2D eigenvalue weighted by Gasteiger charge is 2.47. The van der Waals surface area contributed by atoms with E-state index in [0.29, 0.717) is 0 Å². The molecule has 5 nitrogen and oxygen atoms in total. The Balaban J connectivity index is 1.74. The monoisotopic (exact) mass is 258 g/mol. The van der Waals surface area contributed by atoms with Gasteiger partial charge in [0.05, 0.1) is 12.1 Å². The molecule has 0 aromatic carbocycles. The van der Waals surface area contributed by atoms with Gasteiger partial charge in [0.2, 0.25) is 0 Å². The maximum absolute atomic E-state index is 10.0. The summed E-state index contributed by atoms with van der Waals surface area (Å²) in [6.45, 7) is 2.03. The summed E-state index contributed by atoms with van der Waals surface area (Å²) in [7, 11) is 0. The van der Waals surface area contributed by atoms with E-state index in [-0.39, 0.29) is 23.8 Å². The van der Waals surface area contributed by atoms with Crippen molar-refractivity contribution in [3.8, 4) is 0 Å². The number of hydrogen-bond donors (Lipinski definition) is 3. The van der Waals surface area contributed by atoms with E-state index in [9.17, 15) is 15.3 Å². The van der Waals surface area contributed by atoms with Crippen molar-refractivity contribution >= 4 is 16.9 Å². The molecule has 3 aliphatic rings. The van der Waals surface area contributed by atoms with E-state index in [1.807, 2.05) is 0 Å². The van der Waals surface area contributed by atoms with Crippen LogP contribution in [0.3, 0.4) is 0 Å². The van der Waals surface area contributed by atoms with Gasteiger partial charge in [-0.25, -0.2) is 0 Å². The molecular weight excluding hydrogens is 240 g/mol. The minimum Gasteiger partial charge on any atom is -0.396 e. The Morgan fingerprint density at radius 2 is 2.06 bits per heavy atom. The van der Waals surface area contributed by atoms with E-state index >= 15 is 0 Å². The molecule has 2 heterocycles. The fourth-order valence-electron chi connectivity index (χ4n) is 2.69. The van der Waals surface area contributed by atoms with Crippen LogP contribution in [0, 0.1) is 5.92 Å². The average molecular weight is 258 g/mol. The van der Waals surface area contributed by atoms with Crippen molar-refractivity contribution in [2.75, 3.05) is 19.7 Å². The van der Waals surface area contributed by atoms with Gasteiger partial charge in [-0.15, -0.1) is 0 Å². The summed E-state index contributed by atoms with van der Waals surface area (Å²) in [6.07, 6.45) is 0.253. The predicted molar refractivity (Wildman–Crippen MR) is 66.0 cm³/mol. The van der Waals surface area contributed by atoms with Crippen LogP contribution in [0.25, 0.3) is 0 Å². The van der Waals surface area contributed by atoms with E-state index in [2.05, 4.69) is 9.89 Å². The van der Waals surface area contributed by atoms with Crippen molar-refractivity contribution in [1.29, 1.82) is 0 Å². The Labute approximate surface area is 105 Å². The van der Waals surface area contributed by atoms with Gasteiger partial charge in [-0.05, 0) is 12.8 Å². The first-order valence-corrected chi connectivity index (χ1v) is 7.05. The highest BCUT2D eigenvalue weighted by Crippen LogP contribution is 2.41. The first-order chi connectivity index (χ1) is 8.20. The summed E-state index contributed by atoms with van der Waals surface area (Å²) >= 11 is 1.70. The highest BCUT2D eigenvalue weighted by atomic mass is 32.2. The number of aliphatic hydroxyl groups excluding tert-OH is 3. The second-order valence-electron chi connectivity index (χ2n) is 5.06. The lowest BCUT2D eigenvalue weighted by Crippen LogP contribution is -2.51. The highest BCUT2D eigenvalue weighted by molar-refractivity contribution is 8.14. The summed E-state index contributed by atoms with van der Waals surface area (Å²) in [5.41, 5.74) is 0. The third-order valence-corrected chi connectivity index (χ3v) is 5.32. The Morgan fingerprint density at radius 3 is 2.65 bits per heavy atom. The minimum atomic E-state index is -0.846. The molecule has 3 rings (SSSR count). The van der Waals surface area contributed by atoms with Gasteiger partial charge in [0, 0.05) is 30.9 Å². The third kappa shape index (κ3) is 1.87. The average Bonchev–Trinajstić information content (AvgIpc) is 2.64. The van der Waals surface area contributed by atoms with Gasteiger partial charge >= 0.3 is 0 Å². The van der Waals surface area contributed by atoms with Crippen LogP contribution in [0.5, 0.6) is 0 Å². The molecule has 17 heavy (non-hydrogen) atoms. The maximum atomic E-state index is 10.0. The van der Waals surface area contributed by atoms with Gasteiger partial charge in [-0.3, -0.25) is 4.99 Å². The molecule has 1 aliphatic carbocycles. The van der Waals surface area contributed by atoms with Crippen LogP contribution in [0.4, 0.5) is 0 Å². The van der Waals surface area contributed by atoms with Crippen molar-refractivity contribution < 1.29 is 15.3 Å². The van der Waals surface area contributed by atoms with Gasteiger partial charge in [-0.2, -0.15) is 0 Å². The molecule has 0 radical (unpaired) electrons. The Hall–Kier alpha value is -0.300. The molecule has 1 saturated carbocycles. The zero-order chi connectivity index (χ0) is 12.0.